The predicted octanol–water partition coefficient (Wildman–Crippen LogP) is 3.12. The number of aryl methyl sites for hydroxylation is 1. The van der Waals surface area contributed by atoms with Crippen molar-refractivity contribution in [1.82, 2.24) is 4.31 Å². The normalized spacial score (nSPS) is 13.8. The van der Waals surface area contributed by atoms with Crippen molar-refractivity contribution in [3.05, 3.63) is 35.4 Å². The number of rotatable bonds is 6. The van der Waals surface area contributed by atoms with Crippen LogP contribution in [0.1, 0.15) is 42.6 Å². The minimum absolute atomic E-state index is 0.423. The highest BCUT2D eigenvalue weighted by molar-refractivity contribution is 7.89. The first kappa shape index (κ1) is 15.2. The van der Waals surface area contributed by atoms with E-state index in [2.05, 4.69) is 6.92 Å². The molecule has 3 nitrogen and oxygen atoms in total. The molecule has 1 aromatic carbocycles. The van der Waals surface area contributed by atoms with E-state index < -0.39 is 15.3 Å². The second-order valence-electron chi connectivity index (χ2n) is 4.81. The van der Waals surface area contributed by atoms with Gasteiger partial charge in [-0.1, -0.05) is 44.0 Å². The molecule has 0 aliphatic heterocycles. The third-order valence-electron chi connectivity index (χ3n) is 3.22. The number of benzene rings is 1. The Bertz CT molecular complexity index is 480. The maximum Gasteiger partial charge on any atom is 0.220 e. The van der Waals surface area contributed by atoms with Gasteiger partial charge in [-0.15, -0.1) is 0 Å². The van der Waals surface area contributed by atoms with Gasteiger partial charge in [-0.3, -0.25) is 0 Å². The molecule has 4 heteroatoms. The largest absolute Gasteiger partial charge is 0.220 e. The summed E-state index contributed by atoms with van der Waals surface area (Å²) >= 11 is 0. The molecule has 1 atom stereocenters. The molecule has 0 aromatic heterocycles. The van der Waals surface area contributed by atoms with Crippen LogP contribution in [-0.2, 0) is 10.0 Å². The van der Waals surface area contributed by atoms with E-state index in [4.69, 9.17) is 0 Å². The van der Waals surface area contributed by atoms with Gasteiger partial charge in [0.25, 0.3) is 0 Å². The van der Waals surface area contributed by atoms with E-state index >= 15 is 0 Å². The summed E-state index contributed by atoms with van der Waals surface area (Å²) in [4.78, 5) is 0. The van der Waals surface area contributed by atoms with Gasteiger partial charge in [-0.05, 0) is 24.5 Å². The number of hydrogen-bond acceptors (Lipinski definition) is 2. The Balaban J connectivity index is 3.18. The second-order valence-corrected chi connectivity index (χ2v) is 7.14. The van der Waals surface area contributed by atoms with Gasteiger partial charge in [0.1, 0.15) is 5.25 Å². The molecule has 0 fully saturated rings. The van der Waals surface area contributed by atoms with Gasteiger partial charge in [0, 0.05) is 14.1 Å². The Morgan fingerprint density at radius 3 is 2.33 bits per heavy atom. The summed E-state index contributed by atoms with van der Waals surface area (Å²) in [5.74, 6) is 0. The molecule has 0 aliphatic carbocycles. The maximum absolute atomic E-state index is 12.4. The van der Waals surface area contributed by atoms with Crippen LogP contribution in [0.15, 0.2) is 24.3 Å². The van der Waals surface area contributed by atoms with Gasteiger partial charge < -0.3 is 0 Å². The van der Waals surface area contributed by atoms with Crippen molar-refractivity contribution in [2.75, 3.05) is 14.1 Å². The summed E-state index contributed by atoms with van der Waals surface area (Å²) in [7, 11) is -0.0460. The number of hydrogen-bond donors (Lipinski definition) is 0. The topological polar surface area (TPSA) is 37.4 Å². The Labute approximate surface area is 111 Å². The van der Waals surface area contributed by atoms with Crippen LogP contribution >= 0.6 is 0 Å². The van der Waals surface area contributed by atoms with Gasteiger partial charge in [-0.25, -0.2) is 12.7 Å². The summed E-state index contributed by atoms with van der Waals surface area (Å²) in [5.41, 5.74) is 1.98. The molecule has 0 spiro atoms. The highest BCUT2D eigenvalue weighted by Gasteiger charge is 2.29. The van der Waals surface area contributed by atoms with Gasteiger partial charge in [-0.2, -0.15) is 0 Å². The van der Waals surface area contributed by atoms with Crippen LogP contribution in [-0.4, -0.2) is 26.8 Å². The van der Waals surface area contributed by atoms with Crippen LogP contribution in [0.4, 0.5) is 0 Å². The SMILES string of the molecule is CCCC[C@@H](c1ccccc1C)S(=O)(=O)N(C)C. The lowest BCUT2D eigenvalue weighted by atomic mass is 10.0. The molecule has 0 amide bonds. The van der Waals surface area contributed by atoms with E-state index in [1.165, 1.54) is 4.31 Å². The zero-order valence-electron chi connectivity index (χ0n) is 11.7. The fourth-order valence-corrected chi connectivity index (χ4v) is 3.62. The molecular weight excluding hydrogens is 246 g/mol. The lowest BCUT2D eigenvalue weighted by molar-refractivity contribution is 0.497. The fraction of sp³-hybridized carbons (Fsp3) is 0.571. The van der Waals surface area contributed by atoms with Gasteiger partial charge in [0.15, 0.2) is 0 Å². The van der Waals surface area contributed by atoms with Crippen molar-refractivity contribution in [2.45, 2.75) is 38.4 Å². The van der Waals surface area contributed by atoms with E-state index in [-0.39, 0.29) is 0 Å². The third kappa shape index (κ3) is 3.33. The molecule has 0 saturated heterocycles. The second kappa shape index (κ2) is 6.34. The number of nitrogens with zero attached hydrogens (tertiary/aromatic N) is 1. The summed E-state index contributed by atoms with van der Waals surface area (Å²) in [5, 5.41) is -0.423. The minimum Gasteiger partial charge on any atom is -0.212 e. The first-order valence-corrected chi connectivity index (χ1v) is 7.88. The third-order valence-corrected chi connectivity index (χ3v) is 5.45. The van der Waals surface area contributed by atoms with Crippen LogP contribution < -0.4 is 0 Å². The molecule has 0 bridgehead atoms. The van der Waals surface area contributed by atoms with Crippen LogP contribution in [0.5, 0.6) is 0 Å². The lowest BCUT2D eigenvalue weighted by Crippen LogP contribution is -2.28. The van der Waals surface area contributed by atoms with Crippen LogP contribution in [0.2, 0.25) is 0 Å². The van der Waals surface area contributed by atoms with Gasteiger partial charge in [0.05, 0.1) is 0 Å². The van der Waals surface area contributed by atoms with E-state index in [9.17, 15) is 8.42 Å². The standard InChI is InChI=1S/C14H23NO2S/c1-5-6-11-14(18(16,17)15(3)4)13-10-8-7-9-12(13)2/h7-10,14H,5-6,11H2,1-4H3/t14-/m0/s1. The lowest BCUT2D eigenvalue weighted by Gasteiger charge is -2.23. The Morgan fingerprint density at radius 1 is 1.22 bits per heavy atom. The average molecular weight is 269 g/mol. The van der Waals surface area contributed by atoms with E-state index in [1.54, 1.807) is 14.1 Å². The summed E-state index contributed by atoms with van der Waals surface area (Å²) in [6, 6.07) is 7.75. The molecular formula is C14H23NO2S. The Hall–Kier alpha value is -0.870. The summed E-state index contributed by atoms with van der Waals surface area (Å²) in [6.45, 7) is 4.05. The first-order chi connectivity index (χ1) is 8.41. The molecule has 0 N–H and O–H groups in total. The molecule has 0 aliphatic rings. The van der Waals surface area contributed by atoms with Crippen molar-refractivity contribution in [1.29, 1.82) is 0 Å². The Morgan fingerprint density at radius 2 is 1.83 bits per heavy atom. The highest BCUT2D eigenvalue weighted by Crippen LogP contribution is 2.31. The average Bonchev–Trinajstić information content (AvgIpc) is 2.31. The van der Waals surface area contributed by atoms with Crippen molar-refractivity contribution in [3.63, 3.8) is 0 Å². The maximum atomic E-state index is 12.4. The monoisotopic (exact) mass is 269 g/mol. The first-order valence-electron chi connectivity index (χ1n) is 6.38. The fourth-order valence-electron chi connectivity index (χ4n) is 2.06. The predicted molar refractivity (Wildman–Crippen MR) is 76.1 cm³/mol. The molecule has 1 rings (SSSR count). The smallest absolute Gasteiger partial charge is 0.212 e. The molecule has 18 heavy (non-hydrogen) atoms. The van der Waals surface area contributed by atoms with Crippen LogP contribution in [0, 0.1) is 6.92 Å². The quantitative estimate of drug-likeness (QED) is 0.795. The molecule has 0 unspecified atom stereocenters. The van der Waals surface area contributed by atoms with Crippen molar-refractivity contribution >= 4 is 10.0 Å². The van der Waals surface area contributed by atoms with Crippen molar-refractivity contribution < 1.29 is 8.42 Å². The Kier molecular flexibility index (Phi) is 5.35. The van der Waals surface area contributed by atoms with Gasteiger partial charge in [0.2, 0.25) is 10.0 Å². The summed E-state index contributed by atoms with van der Waals surface area (Å²) < 4.78 is 26.2. The minimum atomic E-state index is -3.25. The van der Waals surface area contributed by atoms with E-state index in [0.29, 0.717) is 6.42 Å². The highest BCUT2D eigenvalue weighted by atomic mass is 32.2. The van der Waals surface area contributed by atoms with Crippen molar-refractivity contribution in [2.24, 2.45) is 0 Å². The summed E-state index contributed by atoms with van der Waals surface area (Å²) in [6.07, 6.45) is 2.61. The van der Waals surface area contributed by atoms with Crippen LogP contribution in [0.3, 0.4) is 0 Å². The van der Waals surface area contributed by atoms with Gasteiger partial charge >= 0.3 is 0 Å². The van der Waals surface area contributed by atoms with E-state index in [0.717, 1.165) is 24.0 Å². The zero-order valence-corrected chi connectivity index (χ0v) is 12.5. The molecule has 0 radical (unpaired) electrons. The van der Waals surface area contributed by atoms with E-state index in [1.807, 2.05) is 31.2 Å². The molecule has 0 heterocycles. The molecule has 0 saturated carbocycles. The molecule has 1 aromatic rings. The molecule has 102 valence electrons. The number of sulfonamides is 1. The number of unbranched alkanes of at least 4 members (excludes halogenated alkanes) is 1. The zero-order chi connectivity index (χ0) is 13.8. The van der Waals surface area contributed by atoms with Crippen LogP contribution in [0.25, 0.3) is 0 Å². The van der Waals surface area contributed by atoms with Crippen molar-refractivity contribution in [3.8, 4) is 0 Å².